The summed E-state index contributed by atoms with van der Waals surface area (Å²) < 4.78 is 28.0. The van der Waals surface area contributed by atoms with Crippen molar-refractivity contribution < 1.29 is 18.4 Å². The molecule has 0 fully saturated rings. The number of alkyl halides is 2. The fraction of sp³-hybridized carbons (Fsp3) is 0.357. The molecule has 0 aliphatic heterocycles. The fourth-order valence-electron chi connectivity index (χ4n) is 2.02. The number of aromatic nitrogens is 3. The first kappa shape index (κ1) is 19.2. The molecule has 0 amide bonds. The number of aryl methyl sites for hydroxylation is 2. The van der Waals surface area contributed by atoms with E-state index in [1.165, 1.54) is 6.20 Å². The molecular weight excluding hydrogens is 351 g/mol. The molecule has 2 aromatic heterocycles. The Bertz CT molecular complexity index is 714. The van der Waals surface area contributed by atoms with E-state index >= 15 is 0 Å². The van der Waals surface area contributed by atoms with Crippen LogP contribution in [0.5, 0.6) is 0 Å². The summed E-state index contributed by atoms with van der Waals surface area (Å²) in [5.41, 5.74) is 1.22. The molecule has 23 heavy (non-hydrogen) atoms. The second-order valence-corrected chi connectivity index (χ2v) is 5.02. The van der Waals surface area contributed by atoms with E-state index < -0.39 is 6.43 Å². The van der Waals surface area contributed by atoms with E-state index in [-0.39, 0.29) is 22.4 Å². The molecule has 0 bridgehead atoms. The highest BCUT2D eigenvalue weighted by Crippen LogP contribution is 2.37. The van der Waals surface area contributed by atoms with Gasteiger partial charge in [0, 0.05) is 23.9 Å². The fourth-order valence-corrected chi connectivity index (χ4v) is 2.56. The lowest BCUT2D eigenvalue weighted by Gasteiger charge is -2.11. The molecule has 0 radical (unpaired) electrons. The highest BCUT2D eigenvalue weighted by Gasteiger charge is 2.23. The SMILES string of the molecule is CCc1nn(CC)c(-c2cnc(Cl)cc2C(F)F)c1Cl.O=C=O. The van der Waals surface area contributed by atoms with Gasteiger partial charge in [0.2, 0.25) is 0 Å². The molecule has 0 saturated carbocycles. The van der Waals surface area contributed by atoms with Gasteiger partial charge in [-0.3, -0.25) is 4.68 Å². The monoisotopic (exact) mass is 363 g/mol. The first-order valence-corrected chi connectivity index (χ1v) is 7.35. The van der Waals surface area contributed by atoms with Crippen molar-refractivity contribution in [2.24, 2.45) is 0 Å². The molecule has 0 N–H and O–H groups in total. The molecule has 0 unspecified atom stereocenters. The third-order valence-corrected chi connectivity index (χ3v) is 3.59. The number of halogens is 4. The Kier molecular flexibility index (Phi) is 7.29. The predicted octanol–water partition coefficient (Wildman–Crippen LogP) is 4.19. The molecule has 0 aliphatic carbocycles. The van der Waals surface area contributed by atoms with Crippen molar-refractivity contribution in [3.05, 3.63) is 33.7 Å². The lowest BCUT2D eigenvalue weighted by Crippen LogP contribution is -2.02. The van der Waals surface area contributed by atoms with Gasteiger partial charge in [0.05, 0.1) is 16.4 Å². The average Bonchev–Trinajstić information content (AvgIpc) is 2.84. The van der Waals surface area contributed by atoms with Gasteiger partial charge in [-0.05, 0) is 19.4 Å². The number of hydrogen-bond donors (Lipinski definition) is 0. The van der Waals surface area contributed by atoms with Crippen molar-refractivity contribution in [1.29, 1.82) is 0 Å². The van der Waals surface area contributed by atoms with Gasteiger partial charge in [-0.1, -0.05) is 30.1 Å². The van der Waals surface area contributed by atoms with E-state index in [0.717, 1.165) is 6.07 Å². The summed E-state index contributed by atoms with van der Waals surface area (Å²) >= 11 is 12.0. The van der Waals surface area contributed by atoms with Crippen molar-refractivity contribution in [2.75, 3.05) is 0 Å². The lowest BCUT2D eigenvalue weighted by molar-refractivity contribution is -0.191. The van der Waals surface area contributed by atoms with Crippen LogP contribution in [0.25, 0.3) is 11.3 Å². The first-order chi connectivity index (χ1) is 10.9. The van der Waals surface area contributed by atoms with Crippen LogP contribution in [-0.4, -0.2) is 20.9 Å². The van der Waals surface area contributed by atoms with Gasteiger partial charge in [0.15, 0.2) is 0 Å². The van der Waals surface area contributed by atoms with Crippen LogP contribution in [-0.2, 0) is 22.6 Å². The Morgan fingerprint density at radius 2 is 1.91 bits per heavy atom. The standard InChI is InChI=1S/C13H13Cl2F2N3.CO2/c1-3-9-11(15)12(20(4-2)19-9)8-6-18-10(14)5-7(8)13(16)17;2-1-3/h5-6,13H,3-4H2,1-2H3;. The van der Waals surface area contributed by atoms with Gasteiger partial charge in [-0.15, -0.1) is 0 Å². The van der Waals surface area contributed by atoms with Gasteiger partial charge in [0.1, 0.15) is 5.15 Å². The minimum Gasteiger partial charge on any atom is -0.263 e. The van der Waals surface area contributed by atoms with Gasteiger partial charge in [-0.25, -0.2) is 13.8 Å². The molecule has 124 valence electrons. The Labute approximate surface area is 141 Å². The van der Waals surface area contributed by atoms with Gasteiger partial charge in [-0.2, -0.15) is 14.7 Å². The number of nitrogens with zero attached hydrogens (tertiary/aromatic N) is 3. The van der Waals surface area contributed by atoms with Crippen LogP contribution in [0, 0.1) is 0 Å². The summed E-state index contributed by atoms with van der Waals surface area (Å²) in [6, 6.07) is 1.16. The van der Waals surface area contributed by atoms with Crippen LogP contribution in [0.1, 0.15) is 31.5 Å². The van der Waals surface area contributed by atoms with E-state index in [2.05, 4.69) is 10.1 Å². The summed E-state index contributed by atoms with van der Waals surface area (Å²) in [7, 11) is 0. The summed E-state index contributed by atoms with van der Waals surface area (Å²) in [5.74, 6) is 0. The molecule has 5 nitrogen and oxygen atoms in total. The van der Waals surface area contributed by atoms with Crippen LogP contribution >= 0.6 is 23.2 Å². The van der Waals surface area contributed by atoms with Crippen LogP contribution in [0.4, 0.5) is 8.78 Å². The number of pyridine rings is 1. The summed E-state index contributed by atoms with van der Waals surface area (Å²) in [6.07, 6.45) is -0.464. The third kappa shape index (κ3) is 4.34. The van der Waals surface area contributed by atoms with Crippen LogP contribution in [0.2, 0.25) is 10.2 Å². The first-order valence-electron chi connectivity index (χ1n) is 6.59. The zero-order valence-corrected chi connectivity index (χ0v) is 13.8. The highest BCUT2D eigenvalue weighted by molar-refractivity contribution is 6.34. The normalized spacial score (nSPS) is 10.2. The minimum atomic E-state index is -2.66. The second kappa shape index (κ2) is 8.72. The van der Waals surface area contributed by atoms with Crippen LogP contribution in [0.15, 0.2) is 12.3 Å². The molecule has 0 aromatic carbocycles. The highest BCUT2D eigenvalue weighted by atomic mass is 35.5. The van der Waals surface area contributed by atoms with E-state index in [1.807, 2.05) is 13.8 Å². The molecule has 0 atom stereocenters. The Morgan fingerprint density at radius 3 is 2.39 bits per heavy atom. The average molecular weight is 364 g/mol. The number of carbonyl (C=O) groups excluding carboxylic acids is 2. The topological polar surface area (TPSA) is 64.8 Å². The largest absolute Gasteiger partial charge is 0.373 e. The summed E-state index contributed by atoms with van der Waals surface area (Å²) in [5, 5.41) is 4.74. The number of hydrogen-bond acceptors (Lipinski definition) is 4. The molecule has 9 heteroatoms. The number of rotatable bonds is 4. The van der Waals surface area contributed by atoms with E-state index in [1.54, 1.807) is 4.68 Å². The zero-order valence-electron chi connectivity index (χ0n) is 12.3. The summed E-state index contributed by atoms with van der Waals surface area (Å²) in [4.78, 5) is 20.1. The van der Waals surface area contributed by atoms with Gasteiger partial charge >= 0.3 is 6.15 Å². The van der Waals surface area contributed by atoms with Crippen molar-refractivity contribution in [3.8, 4) is 11.3 Å². The predicted molar refractivity (Wildman–Crippen MR) is 80.5 cm³/mol. The molecule has 2 rings (SSSR count). The van der Waals surface area contributed by atoms with Crippen molar-refractivity contribution >= 4 is 29.4 Å². The van der Waals surface area contributed by atoms with Crippen molar-refractivity contribution in [1.82, 2.24) is 14.8 Å². The van der Waals surface area contributed by atoms with Gasteiger partial charge < -0.3 is 0 Å². The molecular formula is C14H13Cl2F2N3O2. The van der Waals surface area contributed by atoms with E-state index in [4.69, 9.17) is 32.8 Å². The smallest absolute Gasteiger partial charge is 0.263 e. The molecule has 0 aliphatic rings. The van der Waals surface area contributed by atoms with Crippen molar-refractivity contribution in [3.63, 3.8) is 0 Å². The maximum absolute atomic E-state index is 13.2. The maximum atomic E-state index is 13.2. The molecule has 0 spiro atoms. The van der Waals surface area contributed by atoms with Gasteiger partial charge in [0.25, 0.3) is 6.43 Å². The Morgan fingerprint density at radius 1 is 1.30 bits per heavy atom. The zero-order chi connectivity index (χ0) is 17.6. The van der Waals surface area contributed by atoms with E-state index in [0.29, 0.717) is 29.4 Å². The van der Waals surface area contributed by atoms with E-state index in [9.17, 15) is 8.78 Å². The Hall–Kier alpha value is -1.82. The summed E-state index contributed by atoms with van der Waals surface area (Å²) in [6.45, 7) is 4.31. The Balaban J connectivity index is 0.000000816. The van der Waals surface area contributed by atoms with Crippen molar-refractivity contribution in [2.45, 2.75) is 33.2 Å². The lowest BCUT2D eigenvalue weighted by atomic mass is 10.1. The second-order valence-electron chi connectivity index (χ2n) is 4.26. The van der Waals surface area contributed by atoms with Crippen LogP contribution in [0.3, 0.4) is 0 Å². The third-order valence-electron chi connectivity index (χ3n) is 2.99. The molecule has 2 heterocycles. The molecule has 0 saturated heterocycles. The minimum absolute atomic E-state index is 0.0263. The van der Waals surface area contributed by atoms with Crippen LogP contribution < -0.4 is 0 Å². The quantitative estimate of drug-likeness (QED) is 0.764. The maximum Gasteiger partial charge on any atom is 0.373 e. The molecule has 2 aromatic rings.